The van der Waals surface area contributed by atoms with E-state index in [4.69, 9.17) is 13.3 Å². The lowest BCUT2D eigenvalue weighted by Crippen LogP contribution is -2.61. The zero-order valence-corrected chi connectivity index (χ0v) is 49.0. The van der Waals surface area contributed by atoms with Crippen LogP contribution in [0, 0.1) is 0 Å². The van der Waals surface area contributed by atoms with Crippen molar-refractivity contribution in [1.82, 2.24) is 4.57 Å². The largest absolute Gasteiger partial charge is 0.456 e. The van der Waals surface area contributed by atoms with Gasteiger partial charge in [-0.3, -0.25) is 0 Å². The topological polar surface area (TPSA) is 50.8 Å². The molecule has 0 spiro atoms. The fraction of sp³-hybridized carbons (Fsp3) is 0. The first kappa shape index (κ1) is 50.0. The average Bonchev–Trinajstić information content (AvgIpc) is 1.69. The Morgan fingerprint density at radius 1 is 0.242 bits per heavy atom. The summed E-state index contributed by atoms with van der Waals surface area (Å²) < 4.78 is 23.4. The molecule has 0 bridgehead atoms. The van der Waals surface area contributed by atoms with Crippen molar-refractivity contribution in [2.45, 2.75) is 0 Å². The summed E-state index contributed by atoms with van der Waals surface area (Å²) in [7, 11) is 0. The van der Waals surface area contributed by atoms with Gasteiger partial charge in [0.25, 0.3) is 6.71 Å². The molecule has 0 atom stereocenters. The van der Waals surface area contributed by atoms with Crippen molar-refractivity contribution in [3.8, 4) is 50.2 Å². The Kier molecular flexibility index (Phi) is 10.6. The molecule has 20 rings (SSSR count). The molecule has 0 aliphatic carbocycles. The van der Waals surface area contributed by atoms with Gasteiger partial charge < -0.3 is 27.6 Å². The molecule has 0 saturated heterocycles. The highest BCUT2D eigenvalue weighted by Crippen LogP contribution is 2.52. The van der Waals surface area contributed by atoms with Crippen LogP contribution in [-0.4, -0.2) is 11.3 Å². The van der Waals surface area contributed by atoms with Gasteiger partial charge in [0.05, 0.1) is 44.3 Å². The molecule has 7 heteroatoms. The molecule has 0 N–H and O–H groups in total. The molecular weight excluding hydrogens is 1110 g/mol. The normalized spacial score (nSPS) is 12.8. The SMILES string of the molecule is c1ccc(-c2ccc3c(c2)N(c2cccc4oc5ccc(-c6ccccc6)cc5c24)c2cc(-n4c5ccccc5c5c6oc7ccccc7c6ccc54)cc4c2B3c2ccc(-c3ccccc3)cc2N4c2cccc3oc4ccc(-c5ccccc5)cc4c23)cc1. The predicted octanol–water partition coefficient (Wildman–Crippen LogP) is 21.2. The van der Waals surface area contributed by atoms with E-state index in [1.807, 2.05) is 0 Å². The van der Waals surface area contributed by atoms with Crippen LogP contribution in [0.5, 0.6) is 0 Å². The quantitative estimate of drug-likeness (QED) is 0.149. The summed E-state index contributed by atoms with van der Waals surface area (Å²) in [6.45, 7) is -0.213. The van der Waals surface area contributed by atoms with E-state index in [0.717, 1.165) is 172 Å². The number of nitrogens with zero attached hydrogens (tertiary/aromatic N) is 3. The molecule has 14 aromatic carbocycles. The molecule has 6 nitrogen and oxygen atoms in total. The molecule has 0 fully saturated rings. The molecule has 6 heterocycles. The van der Waals surface area contributed by atoms with Crippen LogP contribution in [0.3, 0.4) is 0 Å². The van der Waals surface area contributed by atoms with Crippen molar-refractivity contribution in [3.63, 3.8) is 0 Å². The maximum atomic E-state index is 6.97. The van der Waals surface area contributed by atoms with Crippen LogP contribution in [0.2, 0.25) is 0 Å². The minimum absolute atomic E-state index is 0.213. The van der Waals surface area contributed by atoms with Gasteiger partial charge in [0.15, 0.2) is 0 Å². The second-order valence-corrected chi connectivity index (χ2v) is 24.2. The Bertz CT molecular complexity index is 5770. The van der Waals surface area contributed by atoms with E-state index in [0.29, 0.717) is 0 Å². The molecule has 91 heavy (non-hydrogen) atoms. The third-order valence-corrected chi connectivity index (χ3v) is 19.4. The fourth-order valence-electron chi connectivity index (χ4n) is 15.4. The Hall–Kier alpha value is -12.1. The smallest absolute Gasteiger partial charge is 0.252 e. The Labute approximate surface area is 523 Å². The number of hydrogen-bond acceptors (Lipinski definition) is 5. The van der Waals surface area contributed by atoms with E-state index in [-0.39, 0.29) is 6.71 Å². The number of para-hydroxylation sites is 2. The van der Waals surface area contributed by atoms with E-state index >= 15 is 0 Å². The van der Waals surface area contributed by atoms with E-state index < -0.39 is 0 Å². The number of aromatic nitrogens is 1. The van der Waals surface area contributed by atoms with Gasteiger partial charge in [0.2, 0.25) is 0 Å². The number of anilines is 6. The van der Waals surface area contributed by atoms with Crippen LogP contribution in [0.15, 0.2) is 317 Å². The zero-order chi connectivity index (χ0) is 59.4. The van der Waals surface area contributed by atoms with Crippen molar-refractivity contribution in [2.24, 2.45) is 0 Å². The second kappa shape index (κ2) is 19.2. The first-order valence-electron chi connectivity index (χ1n) is 31.2. The molecule has 2 aliphatic heterocycles. The molecule has 0 saturated carbocycles. The van der Waals surface area contributed by atoms with Gasteiger partial charge in [-0.25, -0.2) is 0 Å². The molecule has 4 aromatic heterocycles. The van der Waals surface area contributed by atoms with Crippen molar-refractivity contribution in [2.75, 3.05) is 9.80 Å². The second-order valence-electron chi connectivity index (χ2n) is 24.2. The van der Waals surface area contributed by atoms with Crippen LogP contribution < -0.4 is 26.2 Å². The fourth-order valence-corrected chi connectivity index (χ4v) is 15.4. The Balaban J connectivity index is 0.951. The molecule has 0 amide bonds. The maximum Gasteiger partial charge on any atom is 0.252 e. The molecule has 18 aromatic rings. The molecule has 422 valence electrons. The van der Waals surface area contributed by atoms with E-state index in [1.54, 1.807) is 0 Å². The van der Waals surface area contributed by atoms with Crippen LogP contribution in [0.25, 0.3) is 138 Å². The van der Waals surface area contributed by atoms with Crippen molar-refractivity contribution in [3.05, 3.63) is 303 Å². The van der Waals surface area contributed by atoms with Crippen molar-refractivity contribution < 1.29 is 13.3 Å². The lowest BCUT2D eigenvalue weighted by molar-refractivity contribution is 0.668. The first-order chi connectivity index (χ1) is 45.1. The predicted molar refractivity (Wildman–Crippen MR) is 378 cm³/mol. The van der Waals surface area contributed by atoms with E-state index in [9.17, 15) is 0 Å². The zero-order valence-electron chi connectivity index (χ0n) is 49.0. The van der Waals surface area contributed by atoms with Gasteiger partial charge in [-0.15, -0.1) is 0 Å². The highest BCUT2D eigenvalue weighted by Gasteiger charge is 2.45. The van der Waals surface area contributed by atoms with Gasteiger partial charge in [0.1, 0.15) is 33.5 Å². The van der Waals surface area contributed by atoms with E-state index in [1.165, 1.54) is 16.4 Å². The van der Waals surface area contributed by atoms with Gasteiger partial charge in [0, 0.05) is 49.7 Å². The monoisotopic (exact) mass is 1160 g/mol. The lowest BCUT2D eigenvalue weighted by Gasteiger charge is -2.45. The average molecular weight is 1160 g/mol. The standard InChI is InChI=1S/C84H50BN3O3/c1-5-19-51(20-6-1)55-37-43-76-63(45-55)80-68(30-17-33-78(80)89-76)87-71-47-57(53-23-9-3-10-24-53)35-40-65(71)85-66-41-36-58(54-25-11-4-12-26-54)48-72(66)88(69-31-18-34-79-81(69)64-46-56(38-44-77(64)90-79)52-21-7-2-8-22-52)74-50-59(49-73(87)83(74)85)86-67-29-15-13-28-62(67)82-70(86)42-39-61-60-27-14-16-32-75(60)91-84(61)82/h1-50H. The maximum absolute atomic E-state index is 6.97. The van der Waals surface area contributed by atoms with Crippen LogP contribution in [-0.2, 0) is 0 Å². The summed E-state index contributed by atoms with van der Waals surface area (Å²) in [6.07, 6.45) is 0. The molecule has 2 aliphatic rings. The third-order valence-electron chi connectivity index (χ3n) is 19.4. The molecule has 0 radical (unpaired) electrons. The lowest BCUT2D eigenvalue weighted by atomic mass is 9.33. The van der Waals surface area contributed by atoms with Gasteiger partial charge >= 0.3 is 0 Å². The summed E-state index contributed by atoms with van der Waals surface area (Å²) >= 11 is 0. The first-order valence-corrected chi connectivity index (χ1v) is 31.2. The molecular formula is C84H50BN3O3. The van der Waals surface area contributed by atoms with E-state index in [2.05, 4.69) is 318 Å². The Morgan fingerprint density at radius 2 is 0.681 bits per heavy atom. The summed E-state index contributed by atoms with van der Waals surface area (Å²) in [4.78, 5) is 5.14. The summed E-state index contributed by atoms with van der Waals surface area (Å²) in [6, 6.07) is 110. The van der Waals surface area contributed by atoms with Gasteiger partial charge in [-0.1, -0.05) is 206 Å². The molecule has 0 unspecified atom stereocenters. The number of furan rings is 3. The minimum Gasteiger partial charge on any atom is -0.456 e. The highest BCUT2D eigenvalue weighted by atomic mass is 16.3. The number of fused-ring (bicyclic) bond motifs is 17. The number of benzene rings is 14. The van der Waals surface area contributed by atoms with Gasteiger partial charge in [-0.2, -0.15) is 0 Å². The van der Waals surface area contributed by atoms with Crippen molar-refractivity contribution >= 4 is 145 Å². The van der Waals surface area contributed by atoms with Crippen LogP contribution in [0.4, 0.5) is 34.1 Å². The summed E-state index contributed by atoms with van der Waals surface area (Å²) in [5.74, 6) is 0. The van der Waals surface area contributed by atoms with Crippen molar-refractivity contribution in [1.29, 1.82) is 0 Å². The highest BCUT2D eigenvalue weighted by molar-refractivity contribution is 7.00. The summed E-state index contributed by atoms with van der Waals surface area (Å²) in [5.41, 5.74) is 27.2. The number of rotatable bonds is 7. The minimum atomic E-state index is -0.213. The van der Waals surface area contributed by atoms with Crippen LogP contribution in [0.1, 0.15) is 0 Å². The van der Waals surface area contributed by atoms with Gasteiger partial charge in [-0.05, 0) is 158 Å². The Morgan fingerprint density at radius 3 is 1.21 bits per heavy atom. The summed E-state index contributed by atoms with van der Waals surface area (Å²) in [5, 5.41) is 8.55. The van der Waals surface area contributed by atoms with Crippen LogP contribution >= 0.6 is 0 Å². The number of hydrogen-bond donors (Lipinski definition) is 0. The third kappa shape index (κ3) is 7.37.